The summed E-state index contributed by atoms with van der Waals surface area (Å²) in [5.41, 5.74) is 39.0. The number of guanidine groups is 1. The van der Waals surface area contributed by atoms with E-state index in [0.717, 1.165) is 32.6 Å². The van der Waals surface area contributed by atoms with Gasteiger partial charge in [-0.3, -0.25) is 67.3 Å². The Morgan fingerprint density at radius 1 is 0.390 bits per heavy atom. The molecule has 0 bridgehead atoms. The third-order valence-corrected chi connectivity index (χ3v) is 16.3. The topological polar surface area (TPSA) is 594 Å². The van der Waals surface area contributed by atoms with Gasteiger partial charge in [-0.15, -0.1) is 0 Å². The van der Waals surface area contributed by atoms with Gasteiger partial charge in [-0.1, -0.05) is 85.0 Å². The molecule has 0 heterocycles. The van der Waals surface area contributed by atoms with Gasteiger partial charge < -0.3 is 104 Å². The first-order valence-electron chi connectivity index (χ1n) is 35.0. The van der Waals surface area contributed by atoms with E-state index in [9.17, 15) is 67.4 Å². The molecule has 34 nitrogen and oxygen atoms in total. The van der Waals surface area contributed by atoms with Crippen molar-refractivity contribution < 1.29 is 77.3 Å². The van der Waals surface area contributed by atoms with Crippen molar-refractivity contribution in [2.75, 3.05) is 38.2 Å². The number of nitrogens with two attached hydrogens (primary N) is 7. The van der Waals surface area contributed by atoms with Crippen molar-refractivity contribution >= 4 is 101 Å². The summed E-state index contributed by atoms with van der Waals surface area (Å²) in [6.45, 7) is 9.93. The number of primary amides is 2. The van der Waals surface area contributed by atoms with Crippen LogP contribution in [0, 0.1) is 5.92 Å². The van der Waals surface area contributed by atoms with Gasteiger partial charge in [-0.2, -0.15) is 11.8 Å². The lowest BCUT2D eigenvalue weighted by Crippen LogP contribution is -2.61. The Hall–Kier alpha value is -7.92. The van der Waals surface area contributed by atoms with Gasteiger partial charge in [0.2, 0.25) is 70.9 Å². The maximum absolute atomic E-state index is 14.4. The van der Waals surface area contributed by atoms with E-state index in [-0.39, 0.29) is 95.7 Å². The van der Waals surface area contributed by atoms with Crippen molar-refractivity contribution in [3.05, 3.63) is 0 Å². The monoisotopic (exact) mass is 1440 g/mol. The van der Waals surface area contributed by atoms with Gasteiger partial charge >= 0.3 is 5.97 Å². The van der Waals surface area contributed by atoms with Crippen LogP contribution in [0.5, 0.6) is 0 Å². The number of thioether (sulfide) groups is 1. The maximum atomic E-state index is 14.4. The quantitative estimate of drug-likeness (QED) is 0.0192. The van der Waals surface area contributed by atoms with E-state index in [2.05, 4.69) is 65.1 Å². The number of unbranched alkanes of at least 4 members (excludes halogenated alkanes) is 13. The maximum Gasteiger partial charge on any atom is 0.326 e. The molecule has 0 fully saturated rings. The molecule has 0 aromatic carbocycles. The fourth-order valence-corrected chi connectivity index (χ4v) is 10.4. The molecule has 0 unspecified atom stereocenters. The third kappa shape index (κ3) is 46.4. The molecule has 0 spiro atoms. The highest BCUT2D eigenvalue weighted by Crippen LogP contribution is 2.15. The molecule has 0 aliphatic heterocycles. The van der Waals surface area contributed by atoms with Crippen LogP contribution in [0.25, 0.3) is 0 Å². The Morgan fingerprint density at radius 2 is 0.750 bits per heavy atom. The first-order chi connectivity index (χ1) is 47.3. The highest BCUT2D eigenvalue weighted by Gasteiger charge is 2.36. The molecular formula is C65H122N18O16S. The largest absolute Gasteiger partial charge is 0.481 e. The van der Waals surface area contributed by atoms with Crippen molar-refractivity contribution in [2.45, 2.75) is 275 Å². The highest BCUT2D eigenvalue weighted by atomic mass is 32.2. The second-order valence-corrected chi connectivity index (χ2v) is 26.1. The van der Waals surface area contributed by atoms with Gasteiger partial charge in [0.15, 0.2) is 5.96 Å². The summed E-state index contributed by atoms with van der Waals surface area (Å²) in [7, 11) is 0. The molecular weight excluding hydrogens is 1320 g/mol. The van der Waals surface area contributed by atoms with Crippen LogP contribution in [0.15, 0.2) is 4.99 Å². The molecule has 0 radical (unpaired) electrons. The predicted octanol–water partition coefficient (Wildman–Crippen LogP) is -1.26. The zero-order valence-corrected chi connectivity index (χ0v) is 60.8. The number of hydrogen-bond donors (Lipinski definition) is 19. The Balaban J connectivity index is 0. The van der Waals surface area contributed by atoms with Crippen molar-refractivity contribution in [3.8, 4) is 0 Å². The second kappa shape index (κ2) is 56.8. The van der Waals surface area contributed by atoms with Gasteiger partial charge in [0.1, 0.15) is 60.4 Å². The lowest BCUT2D eigenvalue weighted by atomic mass is 10.0. The average Bonchev–Trinajstić information content (AvgIpc) is 0.865. The molecule has 100 heavy (non-hydrogen) atoms. The molecule has 0 aliphatic carbocycles. The molecule has 12 amide bonds. The normalized spacial score (nSPS) is 13.9. The van der Waals surface area contributed by atoms with Crippen molar-refractivity contribution in [1.29, 1.82) is 0 Å². The minimum Gasteiger partial charge on any atom is -0.481 e. The standard InChI is InChI=1S/C63H118N18O14S.C2H4O2/c1-7-8-9-10-11-12-13-14-15-16-17-29-51(84)74-42(25-18-21-33-64)55(87)77-45(28-24-36-71-63(69)70)56(88)78-46(32-37-96-6)58(90)76-44(27-20-23-35-66)59(91)81-52(39(2)3)61(93)73-41(5)53(85)75-43(26-19-22-34-65)57(89)80-48(38-50(68)83)60(92)72-40(4)54(86)79-47(62(94)95)30-31-49(67)82;1-2(3)4/h39-48,52H,7-38,64-66H2,1-6H3,(H2,67,82)(H2,68,83)(H,72,92)(H,73,93)(H,74,84)(H,75,85)(H,76,90)(H,77,87)(H,78,88)(H,79,86)(H,80,89)(H,81,91)(H,94,95)(H4,69,70,71);1H3,(H,3,4)/t40-,41-,42-,43-,44-,45-,46-,47-,48-,52-;/m0./s1. The number of carbonyl (C=O) groups excluding carboxylic acids is 12. The smallest absolute Gasteiger partial charge is 0.326 e. The Kier molecular flexibility index (Phi) is 53.5. The SMILES string of the molecule is CC(=O)O.CCCCCCCCCCCCCC(=O)N[C@@H](CCCCN)C(=O)N[C@@H](CCCN=C(N)N)C(=O)N[C@@H](CCSC)C(=O)N[C@@H](CCCCN)C(=O)N[C@H](C(=O)N[C@@H](C)C(=O)N[C@@H](CCCCN)C(=O)N[C@@H](CC(N)=O)C(=O)N[C@@H](C)C(=O)N[C@@H](CCC(N)=O)C(=O)O)C(C)C. The Bertz CT molecular complexity index is 2550. The fourth-order valence-electron chi connectivity index (χ4n) is 9.95. The van der Waals surface area contributed by atoms with E-state index < -0.39 is 150 Å². The van der Waals surface area contributed by atoms with Gasteiger partial charge in [0, 0.05) is 26.3 Å². The number of carboxylic acid groups (broad SMARTS) is 2. The first kappa shape index (κ1) is 94.1. The van der Waals surface area contributed by atoms with Crippen LogP contribution in [0.1, 0.15) is 215 Å². The van der Waals surface area contributed by atoms with E-state index in [1.807, 2.05) is 0 Å². The van der Waals surface area contributed by atoms with Gasteiger partial charge in [0.25, 0.3) is 5.97 Å². The van der Waals surface area contributed by atoms with E-state index in [1.165, 1.54) is 64.1 Å². The lowest BCUT2D eigenvalue weighted by molar-refractivity contribution is -0.142. The molecule has 10 atom stereocenters. The van der Waals surface area contributed by atoms with E-state index in [4.69, 9.17) is 50.0 Å². The number of hydrogen-bond acceptors (Lipinski definition) is 19. The van der Waals surface area contributed by atoms with Crippen molar-refractivity contribution in [1.82, 2.24) is 53.2 Å². The molecule has 0 saturated carbocycles. The minimum atomic E-state index is -1.71. The van der Waals surface area contributed by atoms with Gasteiger partial charge in [0.05, 0.1) is 6.42 Å². The molecule has 0 rings (SSSR count). The minimum absolute atomic E-state index is 0.0226. The zero-order valence-electron chi connectivity index (χ0n) is 60.0. The number of carbonyl (C=O) groups is 14. The van der Waals surface area contributed by atoms with Crippen LogP contribution in [0.2, 0.25) is 0 Å². The summed E-state index contributed by atoms with van der Waals surface area (Å²) >= 11 is 1.39. The van der Waals surface area contributed by atoms with Crippen LogP contribution >= 0.6 is 11.8 Å². The predicted molar refractivity (Wildman–Crippen MR) is 381 cm³/mol. The van der Waals surface area contributed by atoms with E-state index in [0.29, 0.717) is 50.8 Å². The summed E-state index contributed by atoms with van der Waals surface area (Å²) in [6, 6.07) is -13.6. The second-order valence-electron chi connectivity index (χ2n) is 25.1. The molecule has 574 valence electrons. The number of rotatable bonds is 57. The van der Waals surface area contributed by atoms with Crippen molar-refractivity contribution in [2.24, 2.45) is 51.0 Å². The Labute approximate surface area is 593 Å². The zero-order chi connectivity index (χ0) is 76.1. The number of aliphatic carboxylic acids is 2. The van der Waals surface area contributed by atoms with E-state index in [1.54, 1.807) is 20.1 Å². The summed E-state index contributed by atoms with van der Waals surface area (Å²) in [6.07, 6.45) is 15.8. The lowest BCUT2D eigenvalue weighted by Gasteiger charge is -2.29. The molecule has 0 aromatic rings. The molecule has 0 aliphatic rings. The van der Waals surface area contributed by atoms with Crippen LogP contribution in [-0.4, -0.2) is 198 Å². The van der Waals surface area contributed by atoms with E-state index >= 15 is 0 Å². The number of carboxylic acids is 2. The van der Waals surface area contributed by atoms with Crippen molar-refractivity contribution in [3.63, 3.8) is 0 Å². The number of amides is 12. The summed E-state index contributed by atoms with van der Waals surface area (Å²) < 4.78 is 0. The number of nitrogens with one attached hydrogen (secondary N) is 10. The molecule has 0 aromatic heterocycles. The summed E-state index contributed by atoms with van der Waals surface area (Å²) in [5, 5.41) is 42.7. The van der Waals surface area contributed by atoms with Gasteiger partial charge in [-0.05, 0) is 141 Å². The number of nitrogens with zero attached hydrogens (tertiary/aromatic N) is 1. The van der Waals surface area contributed by atoms with Crippen LogP contribution in [-0.2, 0) is 67.1 Å². The molecule has 0 saturated heterocycles. The van der Waals surface area contributed by atoms with Crippen LogP contribution < -0.4 is 93.3 Å². The summed E-state index contributed by atoms with van der Waals surface area (Å²) in [4.78, 5) is 187. The highest BCUT2D eigenvalue weighted by molar-refractivity contribution is 7.98. The number of aliphatic imine (C=N–C) groups is 1. The van der Waals surface area contributed by atoms with Crippen LogP contribution in [0.3, 0.4) is 0 Å². The molecule has 35 heteroatoms. The third-order valence-electron chi connectivity index (χ3n) is 15.7. The fraction of sp³-hybridized carbons (Fsp3) is 0.769. The summed E-state index contributed by atoms with van der Waals surface area (Å²) in [5.74, 6) is -12.6. The Morgan fingerprint density at radius 3 is 1.14 bits per heavy atom. The first-order valence-corrected chi connectivity index (χ1v) is 36.4. The average molecular weight is 1440 g/mol. The van der Waals surface area contributed by atoms with Gasteiger partial charge in [-0.25, -0.2) is 4.79 Å². The van der Waals surface area contributed by atoms with Crippen LogP contribution in [0.4, 0.5) is 0 Å². The molecule has 26 N–H and O–H groups in total.